The van der Waals surface area contributed by atoms with E-state index in [9.17, 15) is 4.79 Å². The fourth-order valence-electron chi connectivity index (χ4n) is 3.26. The van der Waals surface area contributed by atoms with Gasteiger partial charge in [0.05, 0.1) is 13.2 Å². The summed E-state index contributed by atoms with van der Waals surface area (Å²) in [6.07, 6.45) is 1.62. The van der Waals surface area contributed by atoms with E-state index in [1.54, 1.807) is 0 Å². The number of morpholine rings is 1. The van der Waals surface area contributed by atoms with Crippen LogP contribution >= 0.6 is 0 Å². The Labute approximate surface area is 169 Å². The summed E-state index contributed by atoms with van der Waals surface area (Å²) < 4.78 is 10.7. The molecular weight excluding hydrogens is 368 g/mol. The first kappa shape index (κ1) is 19.1. The maximum Gasteiger partial charge on any atom is 0.226 e. The van der Waals surface area contributed by atoms with Gasteiger partial charge in [0.25, 0.3) is 0 Å². The van der Waals surface area contributed by atoms with E-state index in [0.717, 1.165) is 43.2 Å². The number of aryl methyl sites for hydroxylation is 1. The van der Waals surface area contributed by atoms with E-state index >= 15 is 0 Å². The van der Waals surface area contributed by atoms with Crippen molar-refractivity contribution in [2.75, 3.05) is 36.5 Å². The zero-order chi connectivity index (χ0) is 19.9. The predicted octanol–water partition coefficient (Wildman–Crippen LogP) is 3.53. The summed E-state index contributed by atoms with van der Waals surface area (Å²) in [5.74, 6) is 1.10. The third-order valence-corrected chi connectivity index (χ3v) is 4.82. The molecule has 0 bridgehead atoms. The molecule has 2 heterocycles. The van der Waals surface area contributed by atoms with Gasteiger partial charge in [-0.3, -0.25) is 4.79 Å². The minimum Gasteiger partial charge on any atom is -0.378 e. The molecule has 1 N–H and O–H groups in total. The van der Waals surface area contributed by atoms with Crippen molar-refractivity contribution in [1.82, 2.24) is 10.1 Å². The number of aromatic nitrogens is 2. The van der Waals surface area contributed by atoms with Gasteiger partial charge in [-0.25, -0.2) is 0 Å². The third kappa shape index (κ3) is 5.20. The SMILES string of the molecule is O=C(CCCc1nc(-c2ccccc2)no1)Nc1ccc(N2CCOCC2)cc1. The number of rotatable bonds is 7. The molecular formula is C22H24N4O3. The van der Waals surface area contributed by atoms with Crippen LogP contribution in [0.2, 0.25) is 0 Å². The second-order valence-corrected chi connectivity index (χ2v) is 6.93. The number of benzene rings is 2. The van der Waals surface area contributed by atoms with Crippen LogP contribution in [0.3, 0.4) is 0 Å². The fraction of sp³-hybridized carbons (Fsp3) is 0.318. The fourth-order valence-corrected chi connectivity index (χ4v) is 3.26. The van der Waals surface area contributed by atoms with Crippen LogP contribution in [0.4, 0.5) is 11.4 Å². The first-order chi connectivity index (χ1) is 14.3. The standard InChI is InChI=1S/C22H24N4O3/c27-20(23-18-9-11-19(12-10-18)26-13-15-28-16-14-26)7-4-8-21-24-22(25-29-21)17-5-2-1-3-6-17/h1-3,5-6,9-12H,4,7-8,13-16H2,(H,23,27). The maximum atomic E-state index is 12.2. The minimum atomic E-state index is -0.0214. The Morgan fingerprint density at radius 2 is 1.79 bits per heavy atom. The predicted molar refractivity (Wildman–Crippen MR) is 111 cm³/mol. The van der Waals surface area contributed by atoms with Crippen LogP contribution in [0.1, 0.15) is 18.7 Å². The molecule has 1 aliphatic rings. The van der Waals surface area contributed by atoms with Crippen LogP contribution in [0.15, 0.2) is 59.1 Å². The number of hydrogen-bond acceptors (Lipinski definition) is 6. The van der Waals surface area contributed by atoms with Gasteiger partial charge in [0.1, 0.15) is 0 Å². The zero-order valence-electron chi connectivity index (χ0n) is 16.2. The summed E-state index contributed by atoms with van der Waals surface area (Å²) >= 11 is 0. The van der Waals surface area contributed by atoms with Crippen LogP contribution in [-0.2, 0) is 16.0 Å². The lowest BCUT2D eigenvalue weighted by molar-refractivity contribution is -0.116. The number of hydrogen-bond donors (Lipinski definition) is 1. The van der Waals surface area contributed by atoms with Crippen LogP contribution < -0.4 is 10.2 Å². The van der Waals surface area contributed by atoms with Gasteiger partial charge in [0.2, 0.25) is 17.6 Å². The molecule has 29 heavy (non-hydrogen) atoms. The van der Waals surface area contributed by atoms with Gasteiger partial charge in [0, 0.05) is 42.9 Å². The second kappa shape index (κ2) is 9.34. The van der Waals surface area contributed by atoms with Crippen molar-refractivity contribution >= 4 is 17.3 Å². The number of anilines is 2. The molecule has 3 aromatic rings. The molecule has 7 heteroatoms. The average molecular weight is 392 g/mol. The smallest absolute Gasteiger partial charge is 0.226 e. The van der Waals surface area contributed by atoms with Crippen LogP contribution in [-0.4, -0.2) is 42.4 Å². The lowest BCUT2D eigenvalue weighted by Gasteiger charge is -2.28. The molecule has 2 aromatic carbocycles. The Morgan fingerprint density at radius 1 is 1.03 bits per heavy atom. The monoisotopic (exact) mass is 392 g/mol. The summed E-state index contributed by atoms with van der Waals surface area (Å²) in [6.45, 7) is 3.30. The van der Waals surface area contributed by atoms with Crippen LogP contribution in [0.25, 0.3) is 11.4 Å². The Hall–Kier alpha value is -3.19. The van der Waals surface area contributed by atoms with Crippen molar-refractivity contribution in [1.29, 1.82) is 0 Å². The van der Waals surface area contributed by atoms with Crippen molar-refractivity contribution in [3.05, 3.63) is 60.5 Å². The Balaban J connectivity index is 1.22. The lowest BCUT2D eigenvalue weighted by Crippen LogP contribution is -2.36. The molecule has 0 unspecified atom stereocenters. The first-order valence-corrected chi connectivity index (χ1v) is 9.88. The highest BCUT2D eigenvalue weighted by molar-refractivity contribution is 5.90. The molecule has 0 saturated carbocycles. The molecule has 0 aliphatic carbocycles. The van der Waals surface area contributed by atoms with Crippen molar-refractivity contribution in [2.24, 2.45) is 0 Å². The summed E-state index contributed by atoms with van der Waals surface area (Å²) in [5, 5.41) is 6.94. The number of amides is 1. The molecule has 0 radical (unpaired) electrons. The van der Waals surface area contributed by atoms with Crippen LogP contribution in [0, 0.1) is 0 Å². The van der Waals surface area contributed by atoms with E-state index in [1.165, 1.54) is 0 Å². The summed E-state index contributed by atoms with van der Waals surface area (Å²) in [6, 6.07) is 17.6. The molecule has 7 nitrogen and oxygen atoms in total. The number of nitrogens with zero attached hydrogens (tertiary/aromatic N) is 3. The maximum absolute atomic E-state index is 12.2. The molecule has 1 fully saturated rings. The number of ether oxygens (including phenoxy) is 1. The Bertz CT molecular complexity index is 919. The van der Waals surface area contributed by atoms with E-state index in [-0.39, 0.29) is 5.91 Å². The molecule has 1 saturated heterocycles. The van der Waals surface area contributed by atoms with Crippen molar-refractivity contribution in [3.8, 4) is 11.4 Å². The lowest BCUT2D eigenvalue weighted by atomic mass is 10.2. The van der Waals surface area contributed by atoms with Gasteiger partial charge >= 0.3 is 0 Å². The number of carbonyl (C=O) groups excluding carboxylic acids is 1. The zero-order valence-corrected chi connectivity index (χ0v) is 16.2. The average Bonchev–Trinajstić information content (AvgIpc) is 3.24. The van der Waals surface area contributed by atoms with Gasteiger partial charge in [-0.05, 0) is 30.7 Å². The van der Waals surface area contributed by atoms with Gasteiger partial charge in [0.15, 0.2) is 0 Å². The highest BCUT2D eigenvalue weighted by Crippen LogP contribution is 2.19. The molecule has 0 atom stereocenters. The van der Waals surface area contributed by atoms with Crippen molar-refractivity contribution in [2.45, 2.75) is 19.3 Å². The van der Waals surface area contributed by atoms with Gasteiger partial charge in [-0.2, -0.15) is 4.98 Å². The van der Waals surface area contributed by atoms with Gasteiger partial charge in [-0.1, -0.05) is 35.5 Å². The summed E-state index contributed by atoms with van der Waals surface area (Å²) in [5.41, 5.74) is 2.87. The Morgan fingerprint density at radius 3 is 2.55 bits per heavy atom. The first-order valence-electron chi connectivity index (χ1n) is 9.88. The largest absolute Gasteiger partial charge is 0.378 e. The van der Waals surface area contributed by atoms with Crippen molar-refractivity contribution < 1.29 is 14.1 Å². The highest BCUT2D eigenvalue weighted by atomic mass is 16.5. The number of nitrogens with one attached hydrogen (secondary N) is 1. The molecule has 150 valence electrons. The van der Waals surface area contributed by atoms with Gasteiger partial charge in [-0.15, -0.1) is 0 Å². The van der Waals surface area contributed by atoms with E-state index in [0.29, 0.717) is 31.0 Å². The van der Waals surface area contributed by atoms with E-state index in [1.807, 2.05) is 54.6 Å². The van der Waals surface area contributed by atoms with E-state index in [4.69, 9.17) is 9.26 Å². The summed E-state index contributed by atoms with van der Waals surface area (Å²) in [4.78, 5) is 18.9. The third-order valence-electron chi connectivity index (χ3n) is 4.82. The molecule has 4 rings (SSSR count). The highest BCUT2D eigenvalue weighted by Gasteiger charge is 2.12. The van der Waals surface area contributed by atoms with E-state index < -0.39 is 0 Å². The topological polar surface area (TPSA) is 80.5 Å². The van der Waals surface area contributed by atoms with Gasteiger partial charge < -0.3 is 19.5 Å². The summed E-state index contributed by atoms with van der Waals surface area (Å²) in [7, 11) is 0. The van der Waals surface area contributed by atoms with Crippen LogP contribution in [0.5, 0.6) is 0 Å². The normalized spacial score (nSPS) is 14.0. The quantitative estimate of drug-likeness (QED) is 0.662. The number of carbonyl (C=O) groups is 1. The minimum absolute atomic E-state index is 0.0214. The molecule has 1 aromatic heterocycles. The van der Waals surface area contributed by atoms with E-state index in [2.05, 4.69) is 20.4 Å². The molecule has 1 amide bonds. The second-order valence-electron chi connectivity index (χ2n) is 6.93. The molecule has 0 spiro atoms. The molecule has 1 aliphatic heterocycles. The Kier molecular flexibility index (Phi) is 6.16. The van der Waals surface area contributed by atoms with Crippen molar-refractivity contribution in [3.63, 3.8) is 0 Å².